The van der Waals surface area contributed by atoms with Crippen molar-refractivity contribution in [3.63, 3.8) is 0 Å². The highest BCUT2D eigenvalue weighted by molar-refractivity contribution is 5.80. The highest BCUT2D eigenvalue weighted by Crippen LogP contribution is 2.16. The topological polar surface area (TPSA) is 41.6 Å². The maximum atomic E-state index is 11.4. The van der Waals surface area contributed by atoms with Crippen LogP contribution in [0.2, 0.25) is 0 Å². The Labute approximate surface area is 109 Å². The molecule has 1 aromatic carbocycles. The Bertz CT molecular complexity index is 372. The molecule has 0 radical (unpaired) electrons. The summed E-state index contributed by atoms with van der Waals surface area (Å²) >= 11 is 0. The van der Waals surface area contributed by atoms with Crippen LogP contribution in [0.15, 0.2) is 24.3 Å². The first-order valence-corrected chi connectivity index (χ1v) is 6.16. The number of likely N-dealkylation sites (N-methyl/N-ethyl adjacent to an activating group) is 1. The predicted molar refractivity (Wildman–Crippen MR) is 74.0 cm³/mol. The summed E-state index contributed by atoms with van der Waals surface area (Å²) in [6, 6.07) is 7.65. The zero-order chi connectivity index (χ0) is 13.5. The Morgan fingerprint density at radius 1 is 1.28 bits per heavy atom. The normalized spacial score (nSPS) is 10.3. The lowest BCUT2D eigenvalue weighted by Gasteiger charge is -2.12. The second-order valence-corrected chi connectivity index (χ2v) is 4.87. The van der Waals surface area contributed by atoms with E-state index in [-0.39, 0.29) is 5.91 Å². The summed E-state index contributed by atoms with van der Waals surface area (Å²) < 4.78 is 5.58. The molecule has 0 aliphatic rings. The van der Waals surface area contributed by atoms with E-state index in [1.165, 1.54) is 0 Å². The van der Waals surface area contributed by atoms with Gasteiger partial charge >= 0.3 is 0 Å². The van der Waals surface area contributed by atoms with Crippen LogP contribution in [0.4, 0.5) is 5.69 Å². The van der Waals surface area contributed by atoms with Gasteiger partial charge in [0, 0.05) is 19.8 Å². The minimum atomic E-state index is 0.0511. The van der Waals surface area contributed by atoms with E-state index in [1.807, 2.05) is 24.3 Å². The molecule has 1 amide bonds. The lowest BCUT2D eigenvalue weighted by Crippen LogP contribution is -2.28. The summed E-state index contributed by atoms with van der Waals surface area (Å²) in [5.41, 5.74) is 0.919. The van der Waals surface area contributed by atoms with E-state index in [0.717, 1.165) is 11.4 Å². The molecule has 0 saturated heterocycles. The number of rotatable bonds is 6. The molecular weight excluding hydrogens is 228 g/mol. The van der Waals surface area contributed by atoms with Crippen molar-refractivity contribution in [1.29, 1.82) is 0 Å². The number of benzene rings is 1. The average Bonchev–Trinajstić information content (AvgIpc) is 2.34. The zero-order valence-electron chi connectivity index (χ0n) is 11.6. The number of ether oxygens (including phenoxy) is 1. The smallest absolute Gasteiger partial charge is 0.241 e. The third-order valence-electron chi connectivity index (χ3n) is 2.38. The molecule has 0 aliphatic heterocycles. The molecule has 0 heterocycles. The average molecular weight is 250 g/mol. The first kappa shape index (κ1) is 14.4. The molecule has 100 valence electrons. The highest BCUT2D eigenvalue weighted by Gasteiger charge is 2.03. The Morgan fingerprint density at radius 2 is 1.89 bits per heavy atom. The molecule has 0 spiro atoms. The van der Waals surface area contributed by atoms with Crippen LogP contribution in [0.3, 0.4) is 0 Å². The van der Waals surface area contributed by atoms with Gasteiger partial charge in [0.25, 0.3) is 0 Å². The number of hydrogen-bond donors (Lipinski definition) is 1. The quantitative estimate of drug-likeness (QED) is 0.841. The minimum absolute atomic E-state index is 0.0511. The van der Waals surface area contributed by atoms with E-state index >= 15 is 0 Å². The van der Waals surface area contributed by atoms with Gasteiger partial charge in [0.2, 0.25) is 5.91 Å². The number of nitrogens with zero attached hydrogens (tertiary/aromatic N) is 1. The van der Waals surface area contributed by atoms with E-state index in [2.05, 4.69) is 19.2 Å². The number of nitrogens with one attached hydrogen (secondary N) is 1. The van der Waals surface area contributed by atoms with Crippen LogP contribution in [0.5, 0.6) is 5.75 Å². The minimum Gasteiger partial charge on any atom is -0.493 e. The predicted octanol–water partition coefficient (Wildman–Crippen LogP) is 2.22. The van der Waals surface area contributed by atoms with Crippen LogP contribution in [0.25, 0.3) is 0 Å². The summed E-state index contributed by atoms with van der Waals surface area (Å²) in [7, 11) is 3.49. The van der Waals surface area contributed by atoms with Gasteiger partial charge in [0.1, 0.15) is 5.75 Å². The van der Waals surface area contributed by atoms with Gasteiger partial charge in [-0.05, 0) is 30.2 Å². The molecular formula is C14H22N2O2. The van der Waals surface area contributed by atoms with Gasteiger partial charge in [-0.2, -0.15) is 0 Å². The number of amides is 1. The van der Waals surface area contributed by atoms with Crippen molar-refractivity contribution in [2.45, 2.75) is 13.8 Å². The standard InChI is InChI=1S/C14H22N2O2/c1-11(2)10-18-13-7-5-12(6-8-13)15-9-14(17)16(3)4/h5-8,11,15H,9-10H2,1-4H3. The molecule has 0 saturated carbocycles. The van der Waals surface area contributed by atoms with E-state index in [0.29, 0.717) is 19.1 Å². The fourth-order valence-corrected chi connectivity index (χ4v) is 1.27. The first-order chi connectivity index (χ1) is 8.49. The zero-order valence-corrected chi connectivity index (χ0v) is 11.6. The van der Waals surface area contributed by atoms with E-state index < -0.39 is 0 Å². The van der Waals surface area contributed by atoms with Crippen molar-refractivity contribution in [2.24, 2.45) is 5.92 Å². The highest BCUT2D eigenvalue weighted by atomic mass is 16.5. The SMILES string of the molecule is CC(C)COc1ccc(NCC(=O)N(C)C)cc1. The van der Waals surface area contributed by atoms with Crippen molar-refractivity contribution < 1.29 is 9.53 Å². The molecule has 1 aromatic rings. The number of anilines is 1. The number of carbonyl (C=O) groups excluding carboxylic acids is 1. The Hall–Kier alpha value is -1.71. The fourth-order valence-electron chi connectivity index (χ4n) is 1.27. The number of carbonyl (C=O) groups is 1. The van der Waals surface area contributed by atoms with Gasteiger partial charge in [-0.3, -0.25) is 4.79 Å². The van der Waals surface area contributed by atoms with Crippen LogP contribution < -0.4 is 10.1 Å². The maximum Gasteiger partial charge on any atom is 0.241 e. The van der Waals surface area contributed by atoms with Crippen molar-refractivity contribution in [3.05, 3.63) is 24.3 Å². The van der Waals surface area contributed by atoms with Crippen LogP contribution in [0, 0.1) is 5.92 Å². The lowest BCUT2D eigenvalue weighted by atomic mass is 10.2. The van der Waals surface area contributed by atoms with Gasteiger partial charge in [0.15, 0.2) is 0 Å². The van der Waals surface area contributed by atoms with Crippen LogP contribution >= 0.6 is 0 Å². The molecule has 1 N–H and O–H groups in total. The second-order valence-electron chi connectivity index (χ2n) is 4.87. The van der Waals surface area contributed by atoms with E-state index in [9.17, 15) is 4.79 Å². The maximum absolute atomic E-state index is 11.4. The molecule has 1 rings (SSSR count). The molecule has 18 heavy (non-hydrogen) atoms. The fraction of sp³-hybridized carbons (Fsp3) is 0.500. The summed E-state index contributed by atoms with van der Waals surface area (Å²) in [4.78, 5) is 13.0. The van der Waals surface area contributed by atoms with Gasteiger partial charge < -0.3 is 15.0 Å². The van der Waals surface area contributed by atoms with Gasteiger partial charge in [0.05, 0.1) is 13.2 Å². The summed E-state index contributed by atoms with van der Waals surface area (Å²) in [5.74, 6) is 1.42. The number of hydrogen-bond acceptors (Lipinski definition) is 3. The third kappa shape index (κ3) is 5.08. The van der Waals surface area contributed by atoms with Crippen LogP contribution in [-0.4, -0.2) is 38.1 Å². The molecule has 0 aromatic heterocycles. The molecule has 4 nitrogen and oxygen atoms in total. The third-order valence-corrected chi connectivity index (χ3v) is 2.38. The second kappa shape index (κ2) is 6.89. The Balaban J connectivity index is 2.43. The van der Waals surface area contributed by atoms with E-state index in [1.54, 1.807) is 19.0 Å². The Kier molecular flexibility index (Phi) is 5.49. The molecule has 0 atom stereocenters. The van der Waals surface area contributed by atoms with Crippen LogP contribution in [-0.2, 0) is 4.79 Å². The molecule has 0 unspecified atom stereocenters. The molecule has 0 bridgehead atoms. The summed E-state index contributed by atoms with van der Waals surface area (Å²) in [5, 5.41) is 3.07. The van der Waals surface area contributed by atoms with Crippen molar-refractivity contribution >= 4 is 11.6 Å². The molecule has 4 heteroatoms. The largest absolute Gasteiger partial charge is 0.493 e. The monoisotopic (exact) mass is 250 g/mol. The lowest BCUT2D eigenvalue weighted by molar-refractivity contribution is -0.126. The van der Waals surface area contributed by atoms with Crippen molar-refractivity contribution in [2.75, 3.05) is 32.6 Å². The summed E-state index contributed by atoms with van der Waals surface area (Å²) in [6.07, 6.45) is 0. The Morgan fingerprint density at radius 3 is 2.39 bits per heavy atom. The van der Waals surface area contributed by atoms with Crippen molar-refractivity contribution in [1.82, 2.24) is 4.90 Å². The summed E-state index contributed by atoms with van der Waals surface area (Å²) in [6.45, 7) is 5.25. The molecule has 0 aliphatic carbocycles. The van der Waals surface area contributed by atoms with E-state index in [4.69, 9.17) is 4.74 Å². The molecule has 0 fully saturated rings. The van der Waals surface area contributed by atoms with Gasteiger partial charge in [-0.1, -0.05) is 13.8 Å². The van der Waals surface area contributed by atoms with Gasteiger partial charge in [-0.15, -0.1) is 0 Å². The van der Waals surface area contributed by atoms with Crippen molar-refractivity contribution in [3.8, 4) is 5.75 Å². The van der Waals surface area contributed by atoms with Crippen LogP contribution in [0.1, 0.15) is 13.8 Å². The first-order valence-electron chi connectivity index (χ1n) is 6.16. The van der Waals surface area contributed by atoms with Gasteiger partial charge in [-0.25, -0.2) is 0 Å².